The molecule has 0 fully saturated rings. The van der Waals surface area contributed by atoms with Crippen LogP contribution in [-0.4, -0.2) is 0 Å². The Morgan fingerprint density at radius 2 is 1.91 bits per heavy atom. The maximum absolute atomic E-state index is 12.5. The fourth-order valence-electron chi connectivity index (χ4n) is 0.582. The maximum Gasteiger partial charge on any atom is 0.153 e. The van der Waals surface area contributed by atoms with Gasteiger partial charge >= 0.3 is 0 Å². The van der Waals surface area contributed by atoms with Gasteiger partial charge in [-0.05, 0) is 27.2 Å². The number of hydrogen-bond acceptors (Lipinski definition) is 2. The van der Waals surface area contributed by atoms with Crippen LogP contribution in [0.15, 0.2) is 21.8 Å². The maximum atomic E-state index is 12.5. The minimum atomic E-state index is -0.840. The van der Waals surface area contributed by atoms with Crippen molar-refractivity contribution in [2.24, 2.45) is 5.18 Å². The van der Waals surface area contributed by atoms with E-state index < -0.39 is 17.3 Å². The Bertz CT molecular complexity index is 303. The van der Waals surface area contributed by atoms with Crippen LogP contribution in [0.5, 0.6) is 0 Å². The molecule has 58 valence electrons. The van der Waals surface area contributed by atoms with Gasteiger partial charge in [0.2, 0.25) is 0 Å². The highest BCUT2D eigenvalue weighted by molar-refractivity contribution is 9.10. The van der Waals surface area contributed by atoms with Gasteiger partial charge < -0.3 is 0 Å². The van der Waals surface area contributed by atoms with E-state index in [0.29, 0.717) is 0 Å². The molecule has 0 heterocycles. The minimum absolute atomic E-state index is 0.0256. The van der Waals surface area contributed by atoms with Crippen LogP contribution in [-0.2, 0) is 0 Å². The van der Waals surface area contributed by atoms with Gasteiger partial charge in [0.05, 0.1) is 4.47 Å². The lowest BCUT2D eigenvalue weighted by Gasteiger charge is -1.95. The molecule has 0 bridgehead atoms. The normalized spacial score (nSPS) is 9.73. The van der Waals surface area contributed by atoms with Gasteiger partial charge in [0, 0.05) is 6.07 Å². The molecule has 0 unspecified atom stereocenters. The fourth-order valence-corrected chi connectivity index (χ4v) is 0.897. The SMILES string of the molecule is O=Nc1cc(F)c(Br)cc1F. The third-order valence-corrected chi connectivity index (χ3v) is 1.70. The van der Waals surface area contributed by atoms with Gasteiger partial charge in [0.1, 0.15) is 11.5 Å². The first-order valence-electron chi connectivity index (χ1n) is 2.63. The van der Waals surface area contributed by atoms with E-state index >= 15 is 0 Å². The van der Waals surface area contributed by atoms with E-state index in [-0.39, 0.29) is 4.47 Å². The number of rotatable bonds is 1. The zero-order valence-corrected chi connectivity index (χ0v) is 6.73. The number of nitroso groups, excluding NO2 is 1. The van der Waals surface area contributed by atoms with Crippen LogP contribution in [0.1, 0.15) is 0 Å². The van der Waals surface area contributed by atoms with Gasteiger partial charge in [-0.1, -0.05) is 0 Å². The standard InChI is InChI=1S/C6H2BrF2NO/c7-3-1-5(9)6(10-11)2-4(3)8/h1-2H. The van der Waals surface area contributed by atoms with Crippen LogP contribution in [0.4, 0.5) is 14.5 Å². The molecule has 1 aromatic carbocycles. The number of nitrogens with zero attached hydrogens (tertiary/aromatic N) is 1. The summed E-state index contributed by atoms with van der Waals surface area (Å²) in [5, 5.41) is 2.29. The summed E-state index contributed by atoms with van der Waals surface area (Å²) in [5.41, 5.74) is -0.522. The molecule has 0 aliphatic carbocycles. The van der Waals surface area contributed by atoms with Crippen LogP contribution in [0, 0.1) is 16.5 Å². The third-order valence-electron chi connectivity index (χ3n) is 1.09. The molecule has 0 N–H and O–H groups in total. The summed E-state index contributed by atoms with van der Waals surface area (Å²) in [6, 6.07) is 1.58. The lowest BCUT2D eigenvalue weighted by Crippen LogP contribution is -1.80. The highest BCUT2D eigenvalue weighted by atomic mass is 79.9. The van der Waals surface area contributed by atoms with Gasteiger partial charge in [0.15, 0.2) is 5.82 Å². The second-order valence-corrected chi connectivity index (χ2v) is 2.66. The number of hydrogen-bond donors (Lipinski definition) is 0. The highest BCUT2D eigenvalue weighted by Gasteiger charge is 2.07. The number of halogens is 3. The van der Waals surface area contributed by atoms with Gasteiger partial charge in [-0.2, -0.15) is 0 Å². The summed E-state index contributed by atoms with van der Waals surface area (Å²) in [7, 11) is 0. The Balaban J connectivity index is 3.31. The summed E-state index contributed by atoms with van der Waals surface area (Å²) in [6.45, 7) is 0. The second kappa shape index (κ2) is 3.04. The molecule has 0 aromatic heterocycles. The van der Waals surface area contributed by atoms with Crippen molar-refractivity contribution in [3.63, 3.8) is 0 Å². The lowest BCUT2D eigenvalue weighted by atomic mass is 10.3. The summed E-state index contributed by atoms with van der Waals surface area (Å²) < 4.78 is 25.0. The van der Waals surface area contributed by atoms with Crippen molar-refractivity contribution >= 4 is 21.6 Å². The first-order chi connectivity index (χ1) is 5.15. The van der Waals surface area contributed by atoms with Crippen LogP contribution in [0.25, 0.3) is 0 Å². The van der Waals surface area contributed by atoms with Gasteiger partial charge in [-0.25, -0.2) is 8.78 Å². The average Bonchev–Trinajstić information content (AvgIpc) is 1.97. The van der Waals surface area contributed by atoms with E-state index in [2.05, 4.69) is 21.1 Å². The molecule has 0 atom stereocenters. The lowest BCUT2D eigenvalue weighted by molar-refractivity contribution is 0.596. The predicted molar refractivity (Wildman–Crippen MR) is 39.5 cm³/mol. The molecule has 0 spiro atoms. The molecule has 1 rings (SSSR count). The van der Waals surface area contributed by atoms with E-state index in [0.717, 1.165) is 12.1 Å². The van der Waals surface area contributed by atoms with E-state index in [1.165, 1.54) is 0 Å². The Morgan fingerprint density at radius 3 is 2.45 bits per heavy atom. The second-order valence-electron chi connectivity index (χ2n) is 1.81. The first kappa shape index (κ1) is 8.26. The van der Waals surface area contributed by atoms with Crippen molar-refractivity contribution in [1.82, 2.24) is 0 Å². The van der Waals surface area contributed by atoms with E-state index in [1.807, 2.05) is 0 Å². The van der Waals surface area contributed by atoms with E-state index in [1.54, 1.807) is 0 Å². The molecule has 0 radical (unpaired) electrons. The van der Waals surface area contributed by atoms with Gasteiger partial charge in [-0.3, -0.25) is 0 Å². The molecule has 0 saturated carbocycles. The Morgan fingerprint density at radius 1 is 1.27 bits per heavy atom. The molecular formula is C6H2BrF2NO. The molecule has 0 amide bonds. The number of benzene rings is 1. The van der Waals surface area contributed by atoms with Crippen molar-refractivity contribution in [3.8, 4) is 0 Å². The molecule has 1 aromatic rings. The van der Waals surface area contributed by atoms with Crippen molar-refractivity contribution in [2.75, 3.05) is 0 Å². The Labute approximate surface area is 69.3 Å². The molecule has 5 heteroatoms. The molecule has 0 saturated heterocycles. The molecule has 2 nitrogen and oxygen atoms in total. The van der Waals surface area contributed by atoms with Gasteiger partial charge in [-0.15, -0.1) is 4.91 Å². The van der Waals surface area contributed by atoms with Crippen molar-refractivity contribution in [2.45, 2.75) is 0 Å². The minimum Gasteiger partial charge on any atom is -0.206 e. The fraction of sp³-hybridized carbons (Fsp3) is 0. The molecule has 0 aliphatic rings. The van der Waals surface area contributed by atoms with Crippen LogP contribution in [0.3, 0.4) is 0 Å². The Hall–Kier alpha value is -0.840. The third kappa shape index (κ3) is 1.59. The van der Waals surface area contributed by atoms with Crippen LogP contribution in [0.2, 0.25) is 0 Å². The predicted octanol–water partition coefficient (Wildman–Crippen LogP) is 3.13. The topological polar surface area (TPSA) is 29.4 Å². The summed E-state index contributed by atoms with van der Waals surface area (Å²) in [4.78, 5) is 9.82. The van der Waals surface area contributed by atoms with Crippen LogP contribution >= 0.6 is 15.9 Å². The van der Waals surface area contributed by atoms with Gasteiger partial charge in [0.25, 0.3) is 0 Å². The van der Waals surface area contributed by atoms with Crippen molar-refractivity contribution < 1.29 is 8.78 Å². The van der Waals surface area contributed by atoms with E-state index in [4.69, 9.17) is 0 Å². The summed E-state index contributed by atoms with van der Waals surface area (Å²) in [6.07, 6.45) is 0. The average molecular weight is 222 g/mol. The molecular weight excluding hydrogens is 220 g/mol. The zero-order chi connectivity index (χ0) is 8.43. The molecule has 0 aliphatic heterocycles. The summed E-state index contributed by atoms with van der Waals surface area (Å²) in [5.74, 6) is -1.55. The smallest absolute Gasteiger partial charge is 0.153 e. The largest absolute Gasteiger partial charge is 0.206 e. The highest BCUT2D eigenvalue weighted by Crippen LogP contribution is 2.24. The Kier molecular flexibility index (Phi) is 2.28. The van der Waals surface area contributed by atoms with Crippen molar-refractivity contribution in [1.29, 1.82) is 0 Å². The van der Waals surface area contributed by atoms with Crippen LogP contribution < -0.4 is 0 Å². The quantitative estimate of drug-likeness (QED) is 0.530. The monoisotopic (exact) mass is 221 g/mol. The molecule has 11 heavy (non-hydrogen) atoms. The van der Waals surface area contributed by atoms with E-state index in [9.17, 15) is 13.7 Å². The van der Waals surface area contributed by atoms with Crippen molar-refractivity contribution in [3.05, 3.63) is 33.1 Å². The zero-order valence-electron chi connectivity index (χ0n) is 5.14. The first-order valence-corrected chi connectivity index (χ1v) is 3.42. The summed E-state index contributed by atoms with van der Waals surface area (Å²) >= 11 is 2.75.